The largest absolute Gasteiger partial charge is 0.359 e. The highest BCUT2D eigenvalue weighted by atomic mass is 35.5. The highest BCUT2D eigenvalue weighted by molar-refractivity contribution is 5.85. The van der Waals surface area contributed by atoms with E-state index in [0.29, 0.717) is 6.42 Å². The maximum atomic E-state index is 12.0. The summed E-state index contributed by atoms with van der Waals surface area (Å²) in [5.41, 5.74) is 2.54. The molecule has 2 aromatic carbocycles. The first-order valence-electron chi connectivity index (χ1n) is 8.56. The van der Waals surface area contributed by atoms with Gasteiger partial charge in [-0.25, -0.2) is 0 Å². The van der Waals surface area contributed by atoms with Gasteiger partial charge in [-0.05, 0) is 11.1 Å². The number of halogens is 2. The van der Waals surface area contributed by atoms with Crippen LogP contribution in [0.15, 0.2) is 60.7 Å². The Balaban J connectivity index is 0.00000169. The maximum absolute atomic E-state index is 12.0. The maximum Gasteiger partial charge on any atom is 0.221 e. The van der Waals surface area contributed by atoms with Crippen LogP contribution in [0.4, 0.5) is 0 Å². The number of amides is 1. The fraction of sp³-hybridized carbons (Fsp3) is 0.350. The van der Waals surface area contributed by atoms with Crippen molar-refractivity contribution in [3.8, 4) is 0 Å². The lowest BCUT2D eigenvalue weighted by Gasteiger charge is -2.41. The van der Waals surface area contributed by atoms with Crippen LogP contribution in [0.1, 0.15) is 23.6 Å². The van der Waals surface area contributed by atoms with E-state index in [-0.39, 0.29) is 42.8 Å². The molecule has 0 aromatic heterocycles. The monoisotopic (exact) mass is 395 g/mol. The molecule has 1 atom stereocenters. The minimum atomic E-state index is 0. The molecule has 26 heavy (non-hydrogen) atoms. The van der Waals surface area contributed by atoms with E-state index in [2.05, 4.69) is 64.1 Å². The van der Waals surface area contributed by atoms with Crippen LogP contribution in [0.2, 0.25) is 0 Å². The van der Waals surface area contributed by atoms with E-state index in [1.54, 1.807) is 7.05 Å². The van der Waals surface area contributed by atoms with Gasteiger partial charge in [0.1, 0.15) is 0 Å². The van der Waals surface area contributed by atoms with E-state index < -0.39 is 0 Å². The van der Waals surface area contributed by atoms with E-state index in [4.69, 9.17) is 0 Å². The van der Waals surface area contributed by atoms with E-state index in [1.165, 1.54) is 11.1 Å². The third-order valence-electron chi connectivity index (χ3n) is 4.66. The highest BCUT2D eigenvalue weighted by Gasteiger charge is 2.31. The molecule has 0 aliphatic carbocycles. The van der Waals surface area contributed by atoms with Gasteiger partial charge in [-0.3, -0.25) is 9.69 Å². The Bertz CT molecular complexity index is 615. The molecule has 6 heteroatoms. The van der Waals surface area contributed by atoms with Gasteiger partial charge in [0, 0.05) is 39.1 Å². The highest BCUT2D eigenvalue weighted by Crippen LogP contribution is 2.31. The number of piperazine rings is 1. The summed E-state index contributed by atoms with van der Waals surface area (Å²) in [4.78, 5) is 14.4. The van der Waals surface area contributed by atoms with Crippen molar-refractivity contribution >= 4 is 30.7 Å². The molecule has 2 N–H and O–H groups in total. The second kappa shape index (κ2) is 11.2. The fourth-order valence-electron chi connectivity index (χ4n) is 3.47. The smallest absolute Gasteiger partial charge is 0.221 e. The normalized spacial score (nSPS) is 17.1. The van der Waals surface area contributed by atoms with Gasteiger partial charge in [-0.2, -0.15) is 0 Å². The van der Waals surface area contributed by atoms with Gasteiger partial charge in [0.05, 0.1) is 6.04 Å². The topological polar surface area (TPSA) is 44.4 Å². The van der Waals surface area contributed by atoms with Crippen molar-refractivity contribution in [2.24, 2.45) is 0 Å². The first-order chi connectivity index (χ1) is 11.8. The van der Waals surface area contributed by atoms with E-state index in [1.807, 2.05) is 12.1 Å². The van der Waals surface area contributed by atoms with Gasteiger partial charge in [-0.15, -0.1) is 24.8 Å². The summed E-state index contributed by atoms with van der Waals surface area (Å²) < 4.78 is 0. The molecule has 142 valence electrons. The fourth-order valence-corrected chi connectivity index (χ4v) is 3.47. The van der Waals surface area contributed by atoms with Gasteiger partial charge in [-0.1, -0.05) is 60.7 Å². The first kappa shape index (κ1) is 22.5. The summed E-state index contributed by atoms with van der Waals surface area (Å²) in [6, 6.07) is 21.5. The number of nitrogens with one attached hydrogen (secondary N) is 2. The van der Waals surface area contributed by atoms with Crippen molar-refractivity contribution < 1.29 is 4.79 Å². The van der Waals surface area contributed by atoms with Crippen LogP contribution in [-0.2, 0) is 4.79 Å². The molecule has 0 radical (unpaired) electrons. The summed E-state index contributed by atoms with van der Waals surface area (Å²) in [6.45, 7) is 2.71. The van der Waals surface area contributed by atoms with Crippen molar-refractivity contribution in [1.29, 1.82) is 0 Å². The van der Waals surface area contributed by atoms with Crippen LogP contribution in [-0.4, -0.2) is 43.5 Å². The van der Waals surface area contributed by atoms with Crippen molar-refractivity contribution in [3.05, 3.63) is 71.8 Å². The first-order valence-corrected chi connectivity index (χ1v) is 8.56. The zero-order chi connectivity index (χ0) is 16.8. The molecule has 1 saturated heterocycles. The second-order valence-corrected chi connectivity index (χ2v) is 6.20. The number of carbonyl (C=O) groups is 1. The van der Waals surface area contributed by atoms with Crippen LogP contribution in [0.5, 0.6) is 0 Å². The Hall–Kier alpha value is -1.59. The predicted octanol–water partition coefficient (Wildman–Crippen LogP) is 3.03. The van der Waals surface area contributed by atoms with Crippen LogP contribution in [0.25, 0.3) is 0 Å². The molecular weight excluding hydrogens is 369 g/mol. The summed E-state index contributed by atoms with van der Waals surface area (Å²) in [5.74, 6) is 0.0913. The predicted molar refractivity (Wildman–Crippen MR) is 111 cm³/mol. The number of nitrogens with zero attached hydrogens (tertiary/aromatic N) is 1. The van der Waals surface area contributed by atoms with Gasteiger partial charge < -0.3 is 10.6 Å². The van der Waals surface area contributed by atoms with Crippen LogP contribution in [0.3, 0.4) is 0 Å². The molecule has 4 nitrogen and oxygen atoms in total. The molecule has 0 unspecified atom stereocenters. The van der Waals surface area contributed by atoms with Crippen molar-refractivity contribution in [3.63, 3.8) is 0 Å². The molecule has 3 rings (SSSR count). The number of rotatable bonds is 5. The molecule has 1 amide bonds. The Morgan fingerprint density at radius 2 is 1.62 bits per heavy atom. The quantitative estimate of drug-likeness (QED) is 0.817. The third-order valence-corrected chi connectivity index (χ3v) is 4.66. The summed E-state index contributed by atoms with van der Waals surface area (Å²) >= 11 is 0. The number of carbonyl (C=O) groups excluding carboxylic acids is 1. The Morgan fingerprint density at radius 1 is 1.08 bits per heavy atom. The molecule has 1 aliphatic rings. The third kappa shape index (κ3) is 5.45. The Kier molecular flexibility index (Phi) is 9.66. The molecule has 1 heterocycles. The SMILES string of the molecule is CNC(=O)C[C@@H]1CNCCN1C(c1ccccc1)c1ccccc1.Cl.Cl. The van der Waals surface area contributed by atoms with Crippen LogP contribution >= 0.6 is 24.8 Å². The van der Waals surface area contributed by atoms with Gasteiger partial charge in [0.25, 0.3) is 0 Å². The van der Waals surface area contributed by atoms with Gasteiger partial charge in [0.2, 0.25) is 5.91 Å². The van der Waals surface area contributed by atoms with E-state index >= 15 is 0 Å². The Morgan fingerprint density at radius 3 is 2.12 bits per heavy atom. The average molecular weight is 396 g/mol. The van der Waals surface area contributed by atoms with Crippen molar-refractivity contribution in [2.45, 2.75) is 18.5 Å². The molecular formula is C20H27Cl2N3O. The van der Waals surface area contributed by atoms with Gasteiger partial charge >= 0.3 is 0 Å². The van der Waals surface area contributed by atoms with E-state index in [0.717, 1.165) is 19.6 Å². The molecule has 0 bridgehead atoms. The minimum Gasteiger partial charge on any atom is -0.359 e. The molecule has 0 saturated carbocycles. The second-order valence-electron chi connectivity index (χ2n) is 6.20. The van der Waals surface area contributed by atoms with Crippen LogP contribution < -0.4 is 10.6 Å². The zero-order valence-electron chi connectivity index (χ0n) is 14.9. The Labute approximate surface area is 168 Å². The standard InChI is InChI=1S/C20H25N3O.2ClH/c1-21-19(24)14-18-15-22-12-13-23(18)20(16-8-4-2-5-9-16)17-10-6-3-7-11-17;;/h2-11,18,20,22H,12-15H2,1H3,(H,21,24);2*1H/t18-;;/m1../s1. The van der Waals surface area contributed by atoms with Crippen molar-refractivity contribution in [2.75, 3.05) is 26.7 Å². The summed E-state index contributed by atoms with van der Waals surface area (Å²) in [5, 5.41) is 6.19. The molecule has 1 aliphatic heterocycles. The summed E-state index contributed by atoms with van der Waals surface area (Å²) in [6.07, 6.45) is 0.514. The molecule has 0 spiro atoms. The van der Waals surface area contributed by atoms with Crippen molar-refractivity contribution in [1.82, 2.24) is 15.5 Å². The number of hydrogen-bond donors (Lipinski definition) is 2. The molecule has 1 fully saturated rings. The summed E-state index contributed by atoms with van der Waals surface area (Å²) in [7, 11) is 1.70. The lowest BCUT2D eigenvalue weighted by atomic mass is 9.94. The lowest BCUT2D eigenvalue weighted by Crippen LogP contribution is -2.54. The molecule has 2 aromatic rings. The number of benzene rings is 2. The van der Waals surface area contributed by atoms with E-state index in [9.17, 15) is 4.79 Å². The van der Waals surface area contributed by atoms with Crippen LogP contribution in [0, 0.1) is 0 Å². The minimum absolute atomic E-state index is 0. The number of hydrogen-bond acceptors (Lipinski definition) is 3. The lowest BCUT2D eigenvalue weighted by molar-refractivity contribution is -0.122. The average Bonchev–Trinajstić information content (AvgIpc) is 2.65. The van der Waals surface area contributed by atoms with Gasteiger partial charge in [0.15, 0.2) is 0 Å². The zero-order valence-corrected chi connectivity index (χ0v) is 16.6.